The summed E-state index contributed by atoms with van der Waals surface area (Å²) >= 11 is 0. The van der Waals surface area contributed by atoms with Crippen molar-refractivity contribution in [3.8, 4) is 11.5 Å². The van der Waals surface area contributed by atoms with Crippen molar-refractivity contribution in [1.29, 1.82) is 0 Å². The fraction of sp³-hybridized carbons (Fsp3) is 0.133. The van der Waals surface area contributed by atoms with Crippen molar-refractivity contribution in [2.75, 3.05) is 13.2 Å². The lowest BCUT2D eigenvalue weighted by Gasteiger charge is -2.20. The van der Waals surface area contributed by atoms with E-state index in [-0.39, 0.29) is 13.2 Å². The van der Waals surface area contributed by atoms with Crippen LogP contribution in [0.4, 0.5) is 0 Å². The minimum absolute atomic E-state index is 0.130. The topological polar surface area (TPSA) is 58.9 Å². The summed E-state index contributed by atoms with van der Waals surface area (Å²) < 4.78 is 12.5. The summed E-state index contributed by atoms with van der Waals surface area (Å²) in [6, 6.07) is 34.8. The molecule has 0 heterocycles. The Bertz CT molecular complexity index is 1220. The second-order valence-corrected chi connectivity index (χ2v) is 8.22. The van der Waals surface area contributed by atoms with Gasteiger partial charge in [0.05, 0.1) is 0 Å². The standard InChI is InChI=1S/C30H26O4/c31-27(21-11-3-1-4-12-21)19-33-29-23-15-7-9-17-25(23)30(26-18-10-8-16-24(26)29)34-20-28(32)22-13-5-2-6-14-22/h1-18,27-28,31-32H,19-20H2. The Balaban J connectivity index is 1.50. The predicted molar refractivity (Wildman–Crippen MR) is 135 cm³/mol. The molecule has 0 bridgehead atoms. The fourth-order valence-corrected chi connectivity index (χ4v) is 4.23. The summed E-state index contributed by atoms with van der Waals surface area (Å²) in [5, 5.41) is 24.9. The zero-order chi connectivity index (χ0) is 23.3. The third kappa shape index (κ3) is 4.46. The molecule has 0 saturated carbocycles. The van der Waals surface area contributed by atoms with Gasteiger partial charge in [0.25, 0.3) is 0 Å². The molecule has 34 heavy (non-hydrogen) atoms. The number of aliphatic hydroxyl groups excluding tert-OH is 2. The summed E-state index contributed by atoms with van der Waals surface area (Å²) in [6.45, 7) is 0.260. The normalized spacial score (nSPS) is 13.0. The van der Waals surface area contributed by atoms with Crippen molar-refractivity contribution in [2.24, 2.45) is 0 Å². The molecule has 0 fully saturated rings. The van der Waals surface area contributed by atoms with E-state index in [1.807, 2.05) is 109 Å². The monoisotopic (exact) mass is 450 g/mol. The van der Waals surface area contributed by atoms with Gasteiger partial charge in [-0.1, -0.05) is 109 Å². The van der Waals surface area contributed by atoms with Crippen LogP contribution in [0.2, 0.25) is 0 Å². The Hall–Kier alpha value is -3.86. The molecule has 2 atom stereocenters. The van der Waals surface area contributed by atoms with E-state index in [1.54, 1.807) is 0 Å². The number of hydrogen-bond acceptors (Lipinski definition) is 4. The second kappa shape index (κ2) is 9.96. The minimum atomic E-state index is -0.740. The van der Waals surface area contributed by atoms with E-state index in [0.29, 0.717) is 11.5 Å². The highest BCUT2D eigenvalue weighted by atomic mass is 16.5. The van der Waals surface area contributed by atoms with Crippen LogP contribution in [0.1, 0.15) is 23.3 Å². The Morgan fingerprint density at radius 2 is 0.735 bits per heavy atom. The lowest BCUT2D eigenvalue weighted by Crippen LogP contribution is -2.11. The zero-order valence-electron chi connectivity index (χ0n) is 18.7. The first-order chi connectivity index (χ1) is 16.7. The van der Waals surface area contributed by atoms with Crippen molar-refractivity contribution >= 4 is 21.5 Å². The van der Waals surface area contributed by atoms with Crippen molar-refractivity contribution in [3.63, 3.8) is 0 Å². The van der Waals surface area contributed by atoms with Crippen LogP contribution in [0.25, 0.3) is 21.5 Å². The van der Waals surface area contributed by atoms with E-state index >= 15 is 0 Å². The largest absolute Gasteiger partial charge is 0.489 e. The van der Waals surface area contributed by atoms with Crippen molar-refractivity contribution < 1.29 is 19.7 Å². The van der Waals surface area contributed by atoms with Crippen LogP contribution < -0.4 is 9.47 Å². The lowest BCUT2D eigenvalue weighted by molar-refractivity contribution is 0.108. The van der Waals surface area contributed by atoms with Gasteiger partial charge in [-0.25, -0.2) is 0 Å². The molecule has 0 aliphatic heterocycles. The first kappa shape index (κ1) is 22.0. The van der Waals surface area contributed by atoms with Gasteiger partial charge in [0, 0.05) is 21.5 Å². The van der Waals surface area contributed by atoms with Gasteiger partial charge < -0.3 is 19.7 Å². The molecule has 0 radical (unpaired) electrons. The molecule has 5 rings (SSSR count). The highest BCUT2D eigenvalue weighted by Gasteiger charge is 2.18. The fourth-order valence-electron chi connectivity index (χ4n) is 4.23. The number of ether oxygens (including phenoxy) is 2. The molecule has 2 unspecified atom stereocenters. The average Bonchev–Trinajstić information content (AvgIpc) is 2.91. The molecule has 5 aromatic rings. The molecule has 0 amide bonds. The van der Waals surface area contributed by atoms with Gasteiger partial charge in [-0.2, -0.15) is 0 Å². The highest BCUT2D eigenvalue weighted by Crippen LogP contribution is 2.43. The van der Waals surface area contributed by atoms with Gasteiger partial charge >= 0.3 is 0 Å². The average molecular weight is 451 g/mol. The number of fused-ring (bicyclic) bond motifs is 2. The SMILES string of the molecule is OC(COc1c2ccccc2c(OCC(O)c2ccccc2)c2ccccc12)c1ccccc1. The number of rotatable bonds is 8. The Labute approximate surface area is 198 Å². The molecule has 4 nitrogen and oxygen atoms in total. The summed E-state index contributed by atoms with van der Waals surface area (Å²) in [4.78, 5) is 0. The third-order valence-corrected chi connectivity index (χ3v) is 5.97. The summed E-state index contributed by atoms with van der Waals surface area (Å²) in [5.41, 5.74) is 1.62. The maximum Gasteiger partial charge on any atom is 0.135 e. The van der Waals surface area contributed by atoms with Crippen LogP contribution >= 0.6 is 0 Å². The second-order valence-electron chi connectivity index (χ2n) is 8.22. The Kier molecular flexibility index (Phi) is 6.43. The van der Waals surface area contributed by atoms with Crippen molar-refractivity contribution in [2.45, 2.75) is 12.2 Å². The van der Waals surface area contributed by atoms with E-state index in [4.69, 9.17) is 9.47 Å². The molecule has 0 aromatic heterocycles. The van der Waals surface area contributed by atoms with Gasteiger partial charge in [-0.15, -0.1) is 0 Å². The maximum atomic E-state index is 10.7. The molecule has 0 aliphatic carbocycles. The van der Waals surface area contributed by atoms with Gasteiger partial charge in [0.2, 0.25) is 0 Å². The Morgan fingerprint density at radius 3 is 1.06 bits per heavy atom. The summed E-state index contributed by atoms with van der Waals surface area (Å²) in [7, 11) is 0. The van der Waals surface area contributed by atoms with Gasteiger partial charge in [-0.05, 0) is 11.1 Å². The smallest absolute Gasteiger partial charge is 0.135 e. The van der Waals surface area contributed by atoms with Crippen LogP contribution in [-0.2, 0) is 0 Å². The van der Waals surface area contributed by atoms with Crippen molar-refractivity contribution in [3.05, 3.63) is 120 Å². The summed E-state index contributed by atoms with van der Waals surface area (Å²) in [6.07, 6.45) is -1.48. The number of benzene rings is 5. The van der Waals surface area contributed by atoms with E-state index in [2.05, 4.69) is 0 Å². The van der Waals surface area contributed by atoms with E-state index < -0.39 is 12.2 Å². The molecule has 0 saturated heterocycles. The first-order valence-corrected chi connectivity index (χ1v) is 11.4. The molecular weight excluding hydrogens is 424 g/mol. The summed E-state index contributed by atoms with van der Waals surface area (Å²) in [5.74, 6) is 1.41. The quantitative estimate of drug-likeness (QED) is 0.276. The third-order valence-electron chi connectivity index (χ3n) is 5.97. The van der Waals surface area contributed by atoms with Crippen LogP contribution in [0.5, 0.6) is 11.5 Å². The van der Waals surface area contributed by atoms with E-state index in [0.717, 1.165) is 32.7 Å². The van der Waals surface area contributed by atoms with E-state index in [9.17, 15) is 10.2 Å². The molecular formula is C30H26O4. The van der Waals surface area contributed by atoms with E-state index in [1.165, 1.54) is 0 Å². The van der Waals surface area contributed by atoms with Gasteiger partial charge in [0.1, 0.15) is 36.9 Å². The first-order valence-electron chi connectivity index (χ1n) is 11.4. The van der Waals surface area contributed by atoms with Crippen LogP contribution in [0.3, 0.4) is 0 Å². The Morgan fingerprint density at radius 1 is 0.441 bits per heavy atom. The van der Waals surface area contributed by atoms with Gasteiger partial charge in [-0.3, -0.25) is 0 Å². The molecule has 0 spiro atoms. The van der Waals surface area contributed by atoms with Gasteiger partial charge in [0.15, 0.2) is 0 Å². The number of hydrogen-bond donors (Lipinski definition) is 2. The minimum Gasteiger partial charge on any atom is -0.489 e. The molecule has 2 N–H and O–H groups in total. The zero-order valence-corrected chi connectivity index (χ0v) is 18.7. The van der Waals surface area contributed by atoms with Crippen LogP contribution in [-0.4, -0.2) is 23.4 Å². The molecule has 0 aliphatic rings. The molecule has 4 heteroatoms. The molecule has 5 aromatic carbocycles. The van der Waals surface area contributed by atoms with Crippen LogP contribution in [0.15, 0.2) is 109 Å². The maximum absolute atomic E-state index is 10.7. The lowest BCUT2D eigenvalue weighted by atomic mass is 10.0. The predicted octanol–water partition coefficient (Wildman–Crippen LogP) is 6.22. The molecule has 170 valence electrons. The van der Waals surface area contributed by atoms with Crippen molar-refractivity contribution in [1.82, 2.24) is 0 Å². The number of aliphatic hydroxyl groups is 2. The van der Waals surface area contributed by atoms with Crippen LogP contribution in [0, 0.1) is 0 Å². The highest BCUT2D eigenvalue weighted by molar-refractivity contribution is 6.11.